The molecule has 0 aliphatic rings. The largest absolute Gasteiger partial charge is 0.326 e. The fourth-order valence-electron chi connectivity index (χ4n) is 2.84. The van der Waals surface area contributed by atoms with E-state index in [1.807, 2.05) is 70.9 Å². The summed E-state index contributed by atoms with van der Waals surface area (Å²) in [5.74, 6) is -0.0812. The summed E-state index contributed by atoms with van der Waals surface area (Å²) in [5, 5.41) is 10.0. The average molecular weight is 453 g/mol. The zero-order valence-corrected chi connectivity index (χ0v) is 17.3. The van der Waals surface area contributed by atoms with Crippen LogP contribution in [0.25, 0.3) is 10.6 Å². The molecule has 0 aliphatic heterocycles. The molecule has 4 rings (SSSR count). The highest BCUT2D eigenvalue weighted by atomic mass is 79.9. The van der Waals surface area contributed by atoms with Gasteiger partial charge in [-0.1, -0.05) is 40.2 Å². The van der Waals surface area contributed by atoms with Crippen LogP contribution >= 0.6 is 27.3 Å². The van der Waals surface area contributed by atoms with E-state index in [0.29, 0.717) is 6.54 Å². The molecule has 0 aliphatic carbocycles. The summed E-state index contributed by atoms with van der Waals surface area (Å²) in [6, 6.07) is 17.7. The Morgan fingerprint density at radius 1 is 1.14 bits per heavy atom. The van der Waals surface area contributed by atoms with Gasteiger partial charge in [-0.3, -0.25) is 9.48 Å². The molecule has 0 saturated heterocycles. The monoisotopic (exact) mass is 452 g/mol. The van der Waals surface area contributed by atoms with Gasteiger partial charge in [0, 0.05) is 33.5 Å². The Morgan fingerprint density at radius 2 is 2.04 bits per heavy atom. The van der Waals surface area contributed by atoms with Crippen molar-refractivity contribution in [2.24, 2.45) is 0 Å². The highest BCUT2D eigenvalue weighted by Crippen LogP contribution is 2.26. The van der Waals surface area contributed by atoms with Crippen molar-refractivity contribution in [3.05, 3.63) is 88.1 Å². The summed E-state index contributed by atoms with van der Waals surface area (Å²) < 4.78 is 2.86. The van der Waals surface area contributed by atoms with Crippen molar-refractivity contribution in [2.75, 3.05) is 5.32 Å². The Balaban J connectivity index is 1.40. The lowest BCUT2D eigenvalue weighted by atomic mass is 10.2. The van der Waals surface area contributed by atoms with E-state index in [2.05, 4.69) is 31.3 Å². The zero-order chi connectivity index (χ0) is 19.3. The molecular weight excluding hydrogens is 436 g/mol. The summed E-state index contributed by atoms with van der Waals surface area (Å²) in [6.45, 7) is 0.665. The smallest absolute Gasteiger partial charge is 0.230 e. The molecule has 4 aromatic rings. The number of nitrogens with one attached hydrogen (secondary N) is 1. The van der Waals surface area contributed by atoms with Crippen molar-refractivity contribution in [1.29, 1.82) is 0 Å². The van der Waals surface area contributed by atoms with Crippen LogP contribution in [-0.2, 0) is 17.8 Å². The molecule has 2 heterocycles. The minimum absolute atomic E-state index is 0.0812. The summed E-state index contributed by atoms with van der Waals surface area (Å²) in [7, 11) is 0. The summed E-state index contributed by atoms with van der Waals surface area (Å²) in [6.07, 6.45) is 3.91. The first-order chi connectivity index (χ1) is 13.7. The standard InChI is InChI=1S/C21H17BrN4OS/c22-17-6-2-5-16(11-17)21-25-19(14-28-21)12-20(27)24-18-7-1-4-15(10-18)13-26-9-3-8-23-26/h1-11,14H,12-13H2,(H,24,27). The van der Waals surface area contributed by atoms with Crippen molar-refractivity contribution < 1.29 is 4.79 Å². The molecule has 140 valence electrons. The number of benzene rings is 2. The molecule has 0 unspecified atom stereocenters. The maximum Gasteiger partial charge on any atom is 0.230 e. The van der Waals surface area contributed by atoms with E-state index >= 15 is 0 Å². The normalized spacial score (nSPS) is 10.8. The van der Waals surface area contributed by atoms with Crippen LogP contribution in [0.3, 0.4) is 0 Å². The van der Waals surface area contributed by atoms with Gasteiger partial charge in [0.2, 0.25) is 5.91 Å². The lowest BCUT2D eigenvalue weighted by Crippen LogP contribution is -2.14. The number of thiazole rings is 1. The highest BCUT2D eigenvalue weighted by Gasteiger charge is 2.10. The van der Waals surface area contributed by atoms with Crippen molar-refractivity contribution >= 4 is 38.9 Å². The van der Waals surface area contributed by atoms with Gasteiger partial charge < -0.3 is 5.32 Å². The van der Waals surface area contributed by atoms with Gasteiger partial charge in [0.25, 0.3) is 0 Å². The van der Waals surface area contributed by atoms with Crippen LogP contribution in [0.15, 0.2) is 76.8 Å². The van der Waals surface area contributed by atoms with Gasteiger partial charge in [0.05, 0.1) is 18.7 Å². The number of hydrogen-bond acceptors (Lipinski definition) is 4. The molecule has 0 bridgehead atoms. The van der Waals surface area contributed by atoms with Crippen molar-refractivity contribution in [2.45, 2.75) is 13.0 Å². The van der Waals surface area contributed by atoms with Gasteiger partial charge in [0.1, 0.15) is 5.01 Å². The fourth-order valence-corrected chi connectivity index (χ4v) is 4.06. The highest BCUT2D eigenvalue weighted by molar-refractivity contribution is 9.10. The van der Waals surface area contributed by atoms with E-state index in [-0.39, 0.29) is 12.3 Å². The fraction of sp³-hybridized carbons (Fsp3) is 0.0952. The predicted molar refractivity (Wildman–Crippen MR) is 115 cm³/mol. The van der Waals surface area contributed by atoms with Gasteiger partial charge >= 0.3 is 0 Å². The maximum atomic E-state index is 12.4. The molecule has 0 saturated carbocycles. The van der Waals surface area contributed by atoms with Crippen molar-refractivity contribution in [3.8, 4) is 10.6 Å². The predicted octanol–water partition coefficient (Wildman–Crippen LogP) is 5.00. The average Bonchev–Trinajstić information content (AvgIpc) is 3.34. The van der Waals surface area contributed by atoms with E-state index < -0.39 is 0 Å². The first-order valence-corrected chi connectivity index (χ1v) is 10.4. The summed E-state index contributed by atoms with van der Waals surface area (Å²) in [4.78, 5) is 17.0. The lowest BCUT2D eigenvalue weighted by molar-refractivity contribution is -0.115. The Bertz CT molecular complexity index is 1090. The number of halogens is 1. The Hall–Kier alpha value is -2.77. The molecule has 5 nitrogen and oxygen atoms in total. The van der Waals surface area contributed by atoms with E-state index in [1.165, 1.54) is 0 Å². The molecule has 0 spiro atoms. The van der Waals surface area contributed by atoms with Gasteiger partial charge in [-0.05, 0) is 35.9 Å². The first kappa shape index (κ1) is 18.6. The van der Waals surface area contributed by atoms with E-state index in [9.17, 15) is 4.79 Å². The van der Waals surface area contributed by atoms with Crippen LogP contribution in [0, 0.1) is 0 Å². The molecule has 1 N–H and O–H groups in total. The molecule has 2 aromatic carbocycles. The second-order valence-electron chi connectivity index (χ2n) is 6.28. The number of anilines is 1. The number of carbonyl (C=O) groups is 1. The van der Waals surface area contributed by atoms with Gasteiger partial charge in [0.15, 0.2) is 0 Å². The third-order valence-corrected chi connectivity index (χ3v) is 5.51. The van der Waals surface area contributed by atoms with Crippen LogP contribution in [0.4, 0.5) is 5.69 Å². The molecule has 0 radical (unpaired) electrons. The molecule has 28 heavy (non-hydrogen) atoms. The summed E-state index contributed by atoms with van der Waals surface area (Å²) in [5.41, 5.74) is 3.66. The first-order valence-electron chi connectivity index (χ1n) is 8.72. The molecule has 2 aromatic heterocycles. The number of amides is 1. The quantitative estimate of drug-likeness (QED) is 0.447. The second kappa shape index (κ2) is 8.50. The van der Waals surface area contributed by atoms with Crippen molar-refractivity contribution in [1.82, 2.24) is 14.8 Å². The van der Waals surface area contributed by atoms with Gasteiger partial charge in [-0.15, -0.1) is 11.3 Å². The number of carbonyl (C=O) groups excluding carboxylic acids is 1. The maximum absolute atomic E-state index is 12.4. The van der Waals surface area contributed by atoms with E-state index in [4.69, 9.17) is 0 Å². The number of rotatable bonds is 6. The van der Waals surface area contributed by atoms with Crippen LogP contribution in [0.5, 0.6) is 0 Å². The van der Waals surface area contributed by atoms with E-state index in [1.54, 1.807) is 17.5 Å². The number of hydrogen-bond donors (Lipinski definition) is 1. The van der Waals surface area contributed by atoms with Crippen LogP contribution in [0.1, 0.15) is 11.3 Å². The third-order valence-electron chi connectivity index (χ3n) is 4.08. The lowest BCUT2D eigenvalue weighted by Gasteiger charge is -2.07. The second-order valence-corrected chi connectivity index (χ2v) is 8.06. The minimum Gasteiger partial charge on any atom is -0.326 e. The summed E-state index contributed by atoms with van der Waals surface area (Å²) >= 11 is 5.02. The third kappa shape index (κ3) is 4.74. The Labute approximate surface area is 175 Å². The number of nitrogens with zero attached hydrogens (tertiary/aromatic N) is 3. The van der Waals surface area contributed by atoms with Crippen molar-refractivity contribution in [3.63, 3.8) is 0 Å². The molecular formula is C21H17BrN4OS. The number of aromatic nitrogens is 3. The molecule has 1 amide bonds. The molecule has 0 atom stereocenters. The Morgan fingerprint density at radius 3 is 2.86 bits per heavy atom. The SMILES string of the molecule is O=C(Cc1csc(-c2cccc(Br)c2)n1)Nc1cccc(Cn2cccn2)c1. The minimum atomic E-state index is -0.0812. The van der Waals surface area contributed by atoms with Gasteiger partial charge in [-0.25, -0.2) is 4.98 Å². The Kier molecular flexibility index (Phi) is 5.64. The van der Waals surface area contributed by atoms with Crippen LogP contribution in [0.2, 0.25) is 0 Å². The molecule has 7 heteroatoms. The topological polar surface area (TPSA) is 59.8 Å². The van der Waals surface area contributed by atoms with Crippen LogP contribution in [-0.4, -0.2) is 20.7 Å². The van der Waals surface area contributed by atoms with E-state index in [0.717, 1.165) is 32.0 Å². The van der Waals surface area contributed by atoms with Gasteiger partial charge in [-0.2, -0.15) is 5.10 Å². The van der Waals surface area contributed by atoms with Crippen LogP contribution < -0.4 is 5.32 Å². The zero-order valence-electron chi connectivity index (χ0n) is 14.9. The molecule has 0 fully saturated rings.